The van der Waals surface area contributed by atoms with Crippen molar-refractivity contribution in [1.29, 1.82) is 0 Å². The largest absolute Gasteiger partial charge is 0.492 e. The average Bonchev–Trinajstić information content (AvgIpc) is 2.80. The van der Waals surface area contributed by atoms with Crippen molar-refractivity contribution in [3.05, 3.63) is 29.8 Å². The van der Waals surface area contributed by atoms with E-state index in [1.165, 1.54) is 0 Å². The number of Topliss-reactive ketones (excluding diaryl/α,β-unsaturated/α-hetero) is 1. The van der Waals surface area contributed by atoms with Crippen molar-refractivity contribution in [3.63, 3.8) is 0 Å². The number of amides is 1. The fraction of sp³-hybridized carbons (Fsp3) is 0.600. The van der Waals surface area contributed by atoms with Crippen LogP contribution in [0.25, 0.3) is 0 Å². The van der Waals surface area contributed by atoms with Crippen molar-refractivity contribution in [2.24, 2.45) is 5.92 Å². The van der Waals surface area contributed by atoms with Crippen LogP contribution in [0.4, 0.5) is 4.79 Å². The fourth-order valence-corrected chi connectivity index (χ4v) is 3.64. The van der Waals surface area contributed by atoms with Crippen LogP contribution in [-0.2, 0) is 4.74 Å². The van der Waals surface area contributed by atoms with Gasteiger partial charge in [0.05, 0.1) is 11.5 Å². The van der Waals surface area contributed by atoms with Gasteiger partial charge >= 0.3 is 6.09 Å². The molecule has 3 rings (SSSR count). The normalized spacial score (nSPS) is 24.1. The zero-order chi connectivity index (χ0) is 18.0. The molecule has 5 heteroatoms. The fourth-order valence-electron chi connectivity index (χ4n) is 3.64. The first kappa shape index (κ1) is 17.8. The maximum absolute atomic E-state index is 13.0. The van der Waals surface area contributed by atoms with Crippen molar-refractivity contribution in [1.82, 2.24) is 4.90 Å². The molecule has 1 amide bonds. The van der Waals surface area contributed by atoms with Crippen LogP contribution in [0.3, 0.4) is 0 Å². The summed E-state index contributed by atoms with van der Waals surface area (Å²) >= 11 is 0. The van der Waals surface area contributed by atoms with Crippen LogP contribution < -0.4 is 4.74 Å². The van der Waals surface area contributed by atoms with Gasteiger partial charge in [0, 0.05) is 12.6 Å². The lowest BCUT2D eigenvalue weighted by Crippen LogP contribution is -2.50. The van der Waals surface area contributed by atoms with E-state index in [9.17, 15) is 9.59 Å². The second-order valence-corrected chi connectivity index (χ2v) is 7.87. The van der Waals surface area contributed by atoms with E-state index >= 15 is 0 Å². The predicted octanol–water partition coefficient (Wildman–Crippen LogP) is 4.06. The second-order valence-electron chi connectivity index (χ2n) is 7.87. The topological polar surface area (TPSA) is 55.8 Å². The van der Waals surface area contributed by atoms with Crippen molar-refractivity contribution >= 4 is 11.9 Å². The first-order chi connectivity index (χ1) is 11.9. The van der Waals surface area contributed by atoms with Gasteiger partial charge in [-0.15, -0.1) is 0 Å². The molecule has 136 valence electrons. The Morgan fingerprint density at radius 1 is 1.20 bits per heavy atom. The minimum absolute atomic E-state index is 0.0716. The van der Waals surface area contributed by atoms with Gasteiger partial charge in [0.1, 0.15) is 18.0 Å². The van der Waals surface area contributed by atoms with Gasteiger partial charge in [-0.05, 0) is 45.7 Å². The average molecular weight is 345 g/mol. The molecule has 0 N–H and O–H groups in total. The number of hydrogen-bond donors (Lipinski definition) is 0. The highest BCUT2D eigenvalue weighted by atomic mass is 16.6. The molecule has 1 aromatic carbocycles. The molecule has 0 bridgehead atoms. The monoisotopic (exact) mass is 345 g/mol. The Balaban J connectivity index is 1.85. The van der Waals surface area contributed by atoms with Gasteiger partial charge in [-0.3, -0.25) is 4.79 Å². The van der Waals surface area contributed by atoms with Crippen LogP contribution in [0.1, 0.15) is 56.8 Å². The summed E-state index contributed by atoms with van der Waals surface area (Å²) in [5.41, 5.74) is 0.0697. The van der Waals surface area contributed by atoms with Gasteiger partial charge in [-0.2, -0.15) is 0 Å². The Kier molecular flexibility index (Phi) is 5.02. The quantitative estimate of drug-likeness (QED) is 0.770. The van der Waals surface area contributed by atoms with Crippen LogP contribution in [-0.4, -0.2) is 41.6 Å². The maximum atomic E-state index is 13.0. The van der Waals surface area contributed by atoms with Crippen molar-refractivity contribution < 1.29 is 19.1 Å². The predicted molar refractivity (Wildman–Crippen MR) is 95.0 cm³/mol. The molecule has 2 aliphatic rings. The Morgan fingerprint density at radius 3 is 2.72 bits per heavy atom. The first-order valence-corrected chi connectivity index (χ1v) is 9.12. The summed E-state index contributed by atoms with van der Waals surface area (Å²) in [6, 6.07) is 7.17. The van der Waals surface area contributed by atoms with Crippen LogP contribution in [0.2, 0.25) is 0 Å². The number of carbonyl (C=O) groups is 2. The minimum Gasteiger partial charge on any atom is -0.492 e. The molecule has 1 saturated heterocycles. The van der Waals surface area contributed by atoms with E-state index in [1.807, 2.05) is 39.0 Å². The molecule has 0 saturated carbocycles. The highest BCUT2D eigenvalue weighted by Gasteiger charge is 2.41. The van der Waals surface area contributed by atoms with E-state index < -0.39 is 5.60 Å². The van der Waals surface area contributed by atoms with E-state index in [2.05, 4.69) is 0 Å². The number of para-hydroxylation sites is 1. The standard InChI is InChI=1S/C20H27NO4/c1-20(2,3)25-19(23)21-12-8-4-5-10-16(21)15-13-24-17-11-7-6-9-14(17)18(15)22/h6-7,9,11,15-16H,4-5,8,10,12-13H2,1-3H3/t15-,16+/m0/s1. The summed E-state index contributed by atoms with van der Waals surface area (Å²) in [5, 5.41) is 0. The molecular weight excluding hydrogens is 318 g/mol. The van der Waals surface area contributed by atoms with Crippen molar-refractivity contribution in [3.8, 4) is 5.75 Å². The van der Waals surface area contributed by atoms with Crippen LogP contribution >= 0.6 is 0 Å². The number of rotatable bonds is 1. The number of hydrogen-bond acceptors (Lipinski definition) is 4. The molecule has 25 heavy (non-hydrogen) atoms. The SMILES string of the molecule is CC(C)(C)OC(=O)N1CCCCC[C@@H]1[C@@H]1COc2ccccc2C1=O. The van der Waals surface area contributed by atoms with E-state index in [0.717, 1.165) is 25.7 Å². The lowest BCUT2D eigenvalue weighted by atomic mass is 9.86. The Bertz CT molecular complexity index is 649. The third-order valence-corrected chi connectivity index (χ3v) is 4.80. The van der Waals surface area contributed by atoms with Gasteiger partial charge in [0.25, 0.3) is 0 Å². The minimum atomic E-state index is -0.548. The lowest BCUT2D eigenvalue weighted by Gasteiger charge is -2.37. The summed E-state index contributed by atoms with van der Waals surface area (Å²) in [4.78, 5) is 27.5. The summed E-state index contributed by atoms with van der Waals surface area (Å²) in [5.74, 6) is 0.379. The Labute approximate surface area is 149 Å². The van der Waals surface area contributed by atoms with E-state index in [0.29, 0.717) is 24.5 Å². The van der Waals surface area contributed by atoms with Gasteiger partial charge < -0.3 is 14.4 Å². The number of ether oxygens (including phenoxy) is 2. The van der Waals surface area contributed by atoms with Gasteiger partial charge in [-0.1, -0.05) is 25.0 Å². The molecule has 0 spiro atoms. The van der Waals surface area contributed by atoms with Crippen molar-refractivity contribution in [2.75, 3.05) is 13.2 Å². The molecule has 2 heterocycles. The summed E-state index contributed by atoms with van der Waals surface area (Å²) < 4.78 is 11.4. The Morgan fingerprint density at radius 2 is 1.96 bits per heavy atom. The lowest BCUT2D eigenvalue weighted by molar-refractivity contribution is 0.00698. The zero-order valence-corrected chi connectivity index (χ0v) is 15.3. The Hall–Kier alpha value is -2.04. The third kappa shape index (κ3) is 3.97. The molecule has 0 unspecified atom stereocenters. The number of benzene rings is 1. The van der Waals surface area contributed by atoms with Crippen LogP contribution in [0, 0.1) is 5.92 Å². The van der Waals surface area contributed by atoms with Crippen LogP contribution in [0.5, 0.6) is 5.75 Å². The molecule has 0 aromatic heterocycles. The van der Waals surface area contributed by atoms with Gasteiger partial charge in [0.15, 0.2) is 5.78 Å². The highest BCUT2D eigenvalue weighted by Crippen LogP contribution is 2.33. The van der Waals surface area contributed by atoms with Gasteiger partial charge in [-0.25, -0.2) is 4.79 Å². The van der Waals surface area contributed by atoms with Crippen molar-refractivity contribution in [2.45, 2.75) is 58.1 Å². The van der Waals surface area contributed by atoms with E-state index in [-0.39, 0.29) is 23.8 Å². The molecule has 5 nitrogen and oxygen atoms in total. The number of likely N-dealkylation sites (tertiary alicyclic amines) is 1. The maximum Gasteiger partial charge on any atom is 0.410 e. The molecule has 0 radical (unpaired) electrons. The van der Waals surface area contributed by atoms with Crippen LogP contribution in [0.15, 0.2) is 24.3 Å². The smallest absolute Gasteiger partial charge is 0.410 e. The number of fused-ring (bicyclic) bond motifs is 1. The second kappa shape index (κ2) is 7.06. The summed E-state index contributed by atoms with van der Waals surface area (Å²) in [6.07, 6.45) is 3.49. The first-order valence-electron chi connectivity index (χ1n) is 9.12. The number of ketones is 1. The summed E-state index contributed by atoms with van der Waals surface area (Å²) in [6.45, 7) is 6.54. The van der Waals surface area contributed by atoms with Gasteiger partial charge in [0.2, 0.25) is 0 Å². The van der Waals surface area contributed by atoms with E-state index in [4.69, 9.17) is 9.47 Å². The molecular formula is C20H27NO4. The number of carbonyl (C=O) groups excluding carboxylic acids is 2. The molecule has 2 aliphatic heterocycles. The molecule has 0 aliphatic carbocycles. The molecule has 2 atom stereocenters. The van der Waals surface area contributed by atoms with E-state index in [1.54, 1.807) is 11.0 Å². The third-order valence-electron chi connectivity index (χ3n) is 4.80. The highest BCUT2D eigenvalue weighted by molar-refractivity contribution is 6.01. The number of nitrogens with zero attached hydrogens (tertiary/aromatic N) is 1. The summed E-state index contributed by atoms with van der Waals surface area (Å²) in [7, 11) is 0. The molecule has 1 aromatic rings. The molecule has 1 fully saturated rings. The zero-order valence-electron chi connectivity index (χ0n) is 15.3.